The van der Waals surface area contributed by atoms with Crippen LogP contribution in [0.25, 0.3) is 11.3 Å². The molecule has 0 aliphatic rings. The number of aromatic hydroxyl groups is 1. The van der Waals surface area contributed by atoms with Gasteiger partial charge in [-0.1, -0.05) is 22.9 Å². The summed E-state index contributed by atoms with van der Waals surface area (Å²) >= 11 is 0. The Labute approximate surface area is 132 Å². The van der Waals surface area contributed by atoms with E-state index in [1.165, 1.54) is 18.2 Å². The number of hydrogen-bond acceptors (Lipinski definition) is 4. The molecule has 23 heavy (non-hydrogen) atoms. The summed E-state index contributed by atoms with van der Waals surface area (Å²) in [6, 6.07) is 12.3. The minimum atomic E-state index is -0.348. The number of rotatable bonds is 4. The van der Waals surface area contributed by atoms with Gasteiger partial charge in [-0.15, -0.1) is 0 Å². The Morgan fingerprint density at radius 1 is 1.17 bits per heavy atom. The first kappa shape index (κ1) is 15.0. The van der Waals surface area contributed by atoms with Gasteiger partial charge in [-0.2, -0.15) is 0 Å². The monoisotopic (exact) mass is 311 g/mol. The molecule has 1 heterocycles. The van der Waals surface area contributed by atoms with E-state index in [0.717, 1.165) is 5.56 Å². The first-order valence-corrected chi connectivity index (χ1v) is 7.07. The van der Waals surface area contributed by atoms with Crippen LogP contribution in [0.2, 0.25) is 0 Å². The molecule has 0 fully saturated rings. The number of hydrogen-bond donors (Lipinski definition) is 1. The number of aromatic nitrogens is 1. The van der Waals surface area contributed by atoms with Crippen molar-refractivity contribution in [3.8, 4) is 17.1 Å². The molecule has 0 amide bonds. The summed E-state index contributed by atoms with van der Waals surface area (Å²) in [7, 11) is 0. The van der Waals surface area contributed by atoms with Crippen LogP contribution in [0.4, 0.5) is 4.39 Å². The number of carbonyl (C=O) groups is 1. The van der Waals surface area contributed by atoms with Crippen molar-refractivity contribution in [3.05, 3.63) is 71.2 Å². The van der Waals surface area contributed by atoms with Crippen LogP contribution in [-0.4, -0.2) is 16.0 Å². The molecule has 0 bridgehead atoms. The van der Waals surface area contributed by atoms with Gasteiger partial charge in [-0.05, 0) is 37.3 Å². The lowest BCUT2D eigenvalue weighted by molar-refractivity contribution is 0.0983. The zero-order valence-corrected chi connectivity index (χ0v) is 12.4. The van der Waals surface area contributed by atoms with E-state index in [-0.39, 0.29) is 29.5 Å². The van der Waals surface area contributed by atoms with E-state index >= 15 is 0 Å². The molecule has 1 N–H and O–H groups in total. The van der Waals surface area contributed by atoms with Crippen LogP contribution in [0.1, 0.15) is 21.6 Å². The fourth-order valence-corrected chi connectivity index (χ4v) is 2.28. The predicted molar refractivity (Wildman–Crippen MR) is 82.8 cm³/mol. The second kappa shape index (κ2) is 6.04. The Morgan fingerprint density at radius 3 is 2.65 bits per heavy atom. The van der Waals surface area contributed by atoms with E-state index in [9.17, 15) is 14.3 Å². The number of nitrogens with zero attached hydrogens (tertiary/aromatic N) is 1. The van der Waals surface area contributed by atoms with Crippen molar-refractivity contribution in [2.24, 2.45) is 0 Å². The molecule has 3 aromatic rings. The normalized spacial score (nSPS) is 10.7. The van der Waals surface area contributed by atoms with E-state index in [1.807, 2.05) is 6.92 Å². The zero-order chi connectivity index (χ0) is 16.4. The van der Waals surface area contributed by atoms with Crippen molar-refractivity contribution in [1.82, 2.24) is 5.16 Å². The van der Waals surface area contributed by atoms with E-state index < -0.39 is 0 Å². The van der Waals surface area contributed by atoms with Gasteiger partial charge in [0.25, 0.3) is 0 Å². The van der Waals surface area contributed by atoms with Crippen molar-refractivity contribution in [2.75, 3.05) is 0 Å². The molecule has 4 nitrogen and oxygen atoms in total. The third kappa shape index (κ3) is 3.29. The molecule has 0 atom stereocenters. The summed E-state index contributed by atoms with van der Waals surface area (Å²) in [4.78, 5) is 12.3. The number of aryl methyl sites for hydroxylation is 1. The Morgan fingerprint density at radius 2 is 1.91 bits per heavy atom. The summed E-state index contributed by atoms with van der Waals surface area (Å²) in [6.07, 6.45) is 0.0307. The maximum Gasteiger partial charge on any atom is 0.189 e. The smallest absolute Gasteiger partial charge is 0.189 e. The summed E-state index contributed by atoms with van der Waals surface area (Å²) in [5.74, 6) is -0.143. The number of benzene rings is 2. The lowest BCUT2D eigenvalue weighted by Gasteiger charge is -2.03. The zero-order valence-electron chi connectivity index (χ0n) is 12.4. The highest BCUT2D eigenvalue weighted by molar-refractivity contribution is 5.96. The Hall–Kier alpha value is -2.95. The number of Topliss-reactive ketones (excluding diaryl/α,β-unsaturated/α-hetero) is 1. The Balaban J connectivity index is 1.81. The molecule has 0 unspecified atom stereocenters. The van der Waals surface area contributed by atoms with Gasteiger partial charge in [0, 0.05) is 23.6 Å². The second-order valence-corrected chi connectivity index (χ2v) is 5.32. The van der Waals surface area contributed by atoms with Crippen molar-refractivity contribution >= 4 is 5.78 Å². The Kier molecular flexibility index (Phi) is 3.93. The highest BCUT2D eigenvalue weighted by Crippen LogP contribution is 2.23. The molecule has 0 spiro atoms. The third-order valence-corrected chi connectivity index (χ3v) is 3.51. The van der Waals surface area contributed by atoms with Crippen LogP contribution in [-0.2, 0) is 6.42 Å². The number of phenolic OH excluding ortho intramolecular Hbond substituents is 1. The highest BCUT2D eigenvalue weighted by Gasteiger charge is 2.16. The quantitative estimate of drug-likeness (QED) is 0.742. The second-order valence-electron chi connectivity index (χ2n) is 5.32. The maximum atomic E-state index is 12.9. The SMILES string of the molecule is Cc1ccc(O)c(CC(=O)c2cc(-c3ccc(F)cc3)on2)c1. The van der Waals surface area contributed by atoms with Gasteiger partial charge in [-0.25, -0.2) is 4.39 Å². The molecule has 0 saturated carbocycles. The molecule has 0 aliphatic carbocycles. The molecule has 3 rings (SSSR count). The number of ketones is 1. The predicted octanol–water partition coefficient (Wildman–Crippen LogP) is 3.92. The van der Waals surface area contributed by atoms with Crippen LogP contribution in [0.3, 0.4) is 0 Å². The van der Waals surface area contributed by atoms with E-state index in [0.29, 0.717) is 16.9 Å². The average molecular weight is 311 g/mol. The highest BCUT2D eigenvalue weighted by atomic mass is 19.1. The number of halogens is 1. The topological polar surface area (TPSA) is 63.3 Å². The molecule has 0 saturated heterocycles. The Bertz CT molecular complexity index is 853. The third-order valence-electron chi connectivity index (χ3n) is 3.51. The molecular formula is C18H14FNO3. The molecule has 1 aromatic heterocycles. The summed E-state index contributed by atoms with van der Waals surface area (Å²) in [5.41, 5.74) is 2.31. The van der Waals surface area contributed by atoms with Gasteiger partial charge in [0.2, 0.25) is 0 Å². The first-order chi connectivity index (χ1) is 11.0. The van der Waals surface area contributed by atoms with Crippen molar-refractivity contribution in [3.63, 3.8) is 0 Å². The van der Waals surface area contributed by atoms with Gasteiger partial charge >= 0.3 is 0 Å². The van der Waals surface area contributed by atoms with Crippen LogP contribution in [0, 0.1) is 12.7 Å². The fourth-order valence-electron chi connectivity index (χ4n) is 2.28. The molecular weight excluding hydrogens is 297 g/mol. The van der Waals surface area contributed by atoms with Gasteiger partial charge in [0.1, 0.15) is 11.6 Å². The van der Waals surface area contributed by atoms with E-state index in [1.54, 1.807) is 30.3 Å². The number of phenols is 1. The maximum absolute atomic E-state index is 12.9. The lowest BCUT2D eigenvalue weighted by Crippen LogP contribution is -2.04. The van der Waals surface area contributed by atoms with Gasteiger partial charge in [-0.3, -0.25) is 4.79 Å². The van der Waals surface area contributed by atoms with Crippen LogP contribution in [0.5, 0.6) is 5.75 Å². The van der Waals surface area contributed by atoms with E-state index in [2.05, 4.69) is 5.16 Å². The van der Waals surface area contributed by atoms with Gasteiger partial charge < -0.3 is 9.63 Å². The fraction of sp³-hybridized carbons (Fsp3) is 0.111. The minimum Gasteiger partial charge on any atom is -0.508 e. The van der Waals surface area contributed by atoms with Crippen molar-refractivity contribution in [1.29, 1.82) is 0 Å². The molecule has 0 aliphatic heterocycles. The number of carbonyl (C=O) groups excluding carboxylic acids is 1. The standard InChI is InChI=1S/C18H14FNO3/c1-11-2-7-16(21)13(8-11)9-17(22)15-10-18(23-20-15)12-3-5-14(19)6-4-12/h2-8,10,21H,9H2,1H3. The van der Waals surface area contributed by atoms with Crippen LogP contribution in [0.15, 0.2) is 53.1 Å². The summed E-state index contributed by atoms with van der Waals surface area (Å²) in [6.45, 7) is 1.89. The molecule has 5 heteroatoms. The van der Waals surface area contributed by atoms with E-state index in [4.69, 9.17) is 4.52 Å². The van der Waals surface area contributed by atoms with Crippen molar-refractivity contribution in [2.45, 2.75) is 13.3 Å². The first-order valence-electron chi connectivity index (χ1n) is 7.07. The van der Waals surface area contributed by atoms with Gasteiger partial charge in [0.05, 0.1) is 0 Å². The minimum absolute atomic E-state index is 0.0307. The lowest BCUT2D eigenvalue weighted by atomic mass is 10.0. The molecule has 0 radical (unpaired) electrons. The summed E-state index contributed by atoms with van der Waals surface area (Å²) in [5, 5.41) is 13.6. The van der Waals surface area contributed by atoms with Crippen LogP contribution < -0.4 is 0 Å². The molecule has 116 valence electrons. The summed E-state index contributed by atoms with van der Waals surface area (Å²) < 4.78 is 18.1. The molecule has 2 aromatic carbocycles. The average Bonchev–Trinajstić information content (AvgIpc) is 3.02. The van der Waals surface area contributed by atoms with Crippen molar-refractivity contribution < 1.29 is 18.8 Å². The largest absolute Gasteiger partial charge is 0.508 e. The van der Waals surface area contributed by atoms with Crippen LogP contribution >= 0.6 is 0 Å². The van der Waals surface area contributed by atoms with Gasteiger partial charge in [0.15, 0.2) is 17.2 Å².